The molecule has 0 bridgehead atoms. The molecule has 1 aromatic heterocycles. The van der Waals surface area contributed by atoms with Gasteiger partial charge < -0.3 is 10.6 Å². The summed E-state index contributed by atoms with van der Waals surface area (Å²) in [6, 6.07) is 6.46. The Morgan fingerprint density at radius 2 is 1.97 bits per heavy atom. The molecule has 1 atom stereocenters. The molecule has 2 aliphatic rings. The molecule has 3 heterocycles. The Labute approximate surface area is 174 Å². The van der Waals surface area contributed by atoms with Crippen molar-refractivity contribution in [2.75, 3.05) is 32.7 Å². The molecule has 1 aromatic rings. The highest BCUT2D eigenvalue weighted by atomic mass is 16.2. The number of rotatable bonds is 7. The minimum atomic E-state index is 0.0577. The number of piperidine rings is 2. The molecule has 3 rings (SSSR count). The highest BCUT2D eigenvalue weighted by Gasteiger charge is 2.31. The van der Waals surface area contributed by atoms with Crippen molar-refractivity contribution in [2.24, 2.45) is 5.92 Å². The number of nitrogens with one attached hydrogen (secondary N) is 2. The van der Waals surface area contributed by atoms with Crippen LogP contribution in [0, 0.1) is 5.92 Å². The van der Waals surface area contributed by atoms with E-state index in [1.807, 2.05) is 32.0 Å². The summed E-state index contributed by atoms with van der Waals surface area (Å²) in [7, 11) is 0. The van der Waals surface area contributed by atoms with Gasteiger partial charge in [-0.15, -0.1) is 0 Å². The molecular formula is C22H35N5O2. The SMILES string of the molecule is CC(C)NC(=O)CN1CCC(N2CCCC(C(=O)NCc3ccccn3)C2)CC1. The van der Waals surface area contributed by atoms with Crippen molar-refractivity contribution in [1.29, 1.82) is 0 Å². The summed E-state index contributed by atoms with van der Waals surface area (Å²) >= 11 is 0. The van der Waals surface area contributed by atoms with Crippen LogP contribution < -0.4 is 10.6 Å². The van der Waals surface area contributed by atoms with E-state index in [2.05, 4.69) is 25.4 Å². The third kappa shape index (κ3) is 6.78. The van der Waals surface area contributed by atoms with Crippen molar-refractivity contribution in [1.82, 2.24) is 25.4 Å². The van der Waals surface area contributed by atoms with Crippen molar-refractivity contribution in [3.63, 3.8) is 0 Å². The van der Waals surface area contributed by atoms with E-state index in [4.69, 9.17) is 0 Å². The third-order valence-corrected chi connectivity index (χ3v) is 5.88. The van der Waals surface area contributed by atoms with E-state index >= 15 is 0 Å². The van der Waals surface area contributed by atoms with Crippen LogP contribution in [0.4, 0.5) is 0 Å². The fourth-order valence-electron chi connectivity index (χ4n) is 4.39. The number of aromatic nitrogens is 1. The molecule has 29 heavy (non-hydrogen) atoms. The van der Waals surface area contributed by atoms with Gasteiger partial charge in [0.05, 0.1) is 24.7 Å². The van der Waals surface area contributed by atoms with Crippen LogP contribution >= 0.6 is 0 Å². The zero-order valence-corrected chi connectivity index (χ0v) is 17.8. The monoisotopic (exact) mass is 401 g/mol. The van der Waals surface area contributed by atoms with Gasteiger partial charge in [-0.25, -0.2) is 0 Å². The first-order valence-electron chi connectivity index (χ1n) is 10.9. The van der Waals surface area contributed by atoms with Crippen molar-refractivity contribution < 1.29 is 9.59 Å². The van der Waals surface area contributed by atoms with E-state index in [1.165, 1.54) is 0 Å². The molecule has 0 radical (unpaired) electrons. The fraction of sp³-hybridized carbons (Fsp3) is 0.682. The number of hydrogen-bond donors (Lipinski definition) is 2. The Morgan fingerprint density at radius 1 is 1.17 bits per heavy atom. The summed E-state index contributed by atoms with van der Waals surface area (Å²) in [6.07, 6.45) is 5.91. The molecule has 2 aliphatic heterocycles. The van der Waals surface area contributed by atoms with Gasteiger partial charge in [0.2, 0.25) is 11.8 Å². The van der Waals surface area contributed by atoms with E-state index in [0.717, 1.165) is 57.6 Å². The third-order valence-electron chi connectivity index (χ3n) is 5.88. The average Bonchev–Trinajstić information content (AvgIpc) is 2.73. The summed E-state index contributed by atoms with van der Waals surface area (Å²) < 4.78 is 0. The van der Waals surface area contributed by atoms with Crippen LogP contribution in [0.2, 0.25) is 0 Å². The van der Waals surface area contributed by atoms with Gasteiger partial charge in [-0.3, -0.25) is 24.4 Å². The molecule has 2 fully saturated rings. The average molecular weight is 402 g/mol. The first-order chi connectivity index (χ1) is 14.0. The van der Waals surface area contributed by atoms with Gasteiger partial charge >= 0.3 is 0 Å². The lowest BCUT2D eigenvalue weighted by Crippen LogP contribution is -2.52. The van der Waals surface area contributed by atoms with Gasteiger partial charge in [0.15, 0.2) is 0 Å². The van der Waals surface area contributed by atoms with Gasteiger partial charge in [-0.2, -0.15) is 0 Å². The van der Waals surface area contributed by atoms with Gasteiger partial charge in [0.25, 0.3) is 0 Å². The van der Waals surface area contributed by atoms with E-state index in [9.17, 15) is 9.59 Å². The summed E-state index contributed by atoms with van der Waals surface area (Å²) in [5.41, 5.74) is 0.891. The molecule has 7 nitrogen and oxygen atoms in total. The number of hydrogen-bond acceptors (Lipinski definition) is 5. The molecule has 0 aromatic carbocycles. The number of pyridine rings is 1. The molecule has 2 N–H and O–H groups in total. The smallest absolute Gasteiger partial charge is 0.234 e. The van der Waals surface area contributed by atoms with Crippen LogP contribution in [-0.2, 0) is 16.1 Å². The number of nitrogens with zero attached hydrogens (tertiary/aromatic N) is 3. The molecule has 0 aliphatic carbocycles. The lowest BCUT2D eigenvalue weighted by Gasteiger charge is -2.41. The van der Waals surface area contributed by atoms with Crippen molar-refractivity contribution in [2.45, 2.75) is 58.2 Å². The van der Waals surface area contributed by atoms with Crippen LogP contribution in [0.15, 0.2) is 24.4 Å². The summed E-state index contributed by atoms with van der Waals surface area (Å²) in [5, 5.41) is 6.02. The maximum atomic E-state index is 12.6. The van der Waals surface area contributed by atoms with Gasteiger partial charge in [-0.05, 0) is 58.2 Å². The zero-order valence-electron chi connectivity index (χ0n) is 17.8. The molecule has 0 saturated carbocycles. The van der Waals surface area contributed by atoms with Crippen molar-refractivity contribution in [3.05, 3.63) is 30.1 Å². The highest BCUT2D eigenvalue weighted by molar-refractivity contribution is 5.79. The van der Waals surface area contributed by atoms with Crippen molar-refractivity contribution in [3.8, 4) is 0 Å². The second-order valence-electron chi connectivity index (χ2n) is 8.60. The van der Waals surface area contributed by atoms with Crippen molar-refractivity contribution >= 4 is 11.8 Å². The Balaban J connectivity index is 1.41. The topological polar surface area (TPSA) is 77.6 Å². The van der Waals surface area contributed by atoms with Gasteiger partial charge in [0.1, 0.15) is 0 Å². The molecule has 2 saturated heterocycles. The summed E-state index contributed by atoms with van der Waals surface area (Å²) in [6.45, 7) is 8.77. The number of amides is 2. The number of carbonyl (C=O) groups excluding carboxylic acids is 2. The maximum Gasteiger partial charge on any atom is 0.234 e. The van der Waals surface area contributed by atoms with Crippen LogP contribution in [-0.4, -0.2) is 71.4 Å². The molecule has 160 valence electrons. The van der Waals surface area contributed by atoms with E-state index in [1.54, 1.807) is 6.20 Å². The Hall–Kier alpha value is -1.99. The predicted molar refractivity (Wildman–Crippen MR) is 113 cm³/mol. The Kier molecular flexibility index (Phi) is 8.00. The lowest BCUT2D eigenvalue weighted by molar-refractivity contribution is -0.127. The largest absolute Gasteiger partial charge is 0.353 e. The van der Waals surface area contributed by atoms with E-state index < -0.39 is 0 Å². The number of likely N-dealkylation sites (tertiary alicyclic amines) is 2. The first-order valence-corrected chi connectivity index (χ1v) is 10.9. The lowest BCUT2D eigenvalue weighted by atomic mass is 9.93. The minimum absolute atomic E-state index is 0.0577. The predicted octanol–water partition coefficient (Wildman–Crippen LogP) is 1.40. The second-order valence-corrected chi connectivity index (χ2v) is 8.60. The molecule has 1 unspecified atom stereocenters. The molecular weight excluding hydrogens is 366 g/mol. The zero-order chi connectivity index (χ0) is 20.6. The normalized spacial score (nSPS) is 21.8. The summed E-state index contributed by atoms with van der Waals surface area (Å²) in [5.74, 6) is 0.312. The van der Waals surface area contributed by atoms with Crippen LogP contribution in [0.25, 0.3) is 0 Å². The van der Waals surface area contributed by atoms with Gasteiger partial charge in [-0.1, -0.05) is 6.07 Å². The standard InChI is InChI=1S/C22H35N5O2/c1-17(2)25-21(28)16-26-12-8-20(9-13-26)27-11-5-6-18(15-27)22(29)24-14-19-7-3-4-10-23-19/h3-4,7,10,17-18,20H,5-6,8-9,11-16H2,1-2H3,(H,24,29)(H,25,28). The van der Waals surface area contributed by atoms with Crippen LogP contribution in [0.1, 0.15) is 45.2 Å². The molecule has 0 spiro atoms. The Morgan fingerprint density at radius 3 is 2.66 bits per heavy atom. The number of carbonyl (C=O) groups is 2. The second kappa shape index (κ2) is 10.7. The molecule has 2 amide bonds. The first kappa shape index (κ1) is 21.7. The van der Waals surface area contributed by atoms with Gasteiger partial charge in [0, 0.05) is 37.9 Å². The Bertz CT molecular complexity index is 658. The summed E-state index contributed by atoms with van der Waals surface area (Å²) in [4.78, 5) is 33.6. The minimum Gasteiger partial charge on any atom is -0.353 e. The van der Waals surface area contributed by atoms with Crippen LogP contribution in [0.3, 0.4) is 0 Å². The van der Waals surface area contributed by atoms with E-state index in [-0.39, 0.29) is 23.8 Å². The molecule has 7 heteroatoms. The van der Waals surface area contributed by atoms with E-state index in [0.29, 0.717) is 19.1 Å². The van der Waals surface area contributed by atoms with Crippen LogP contribution in [0.5, 0.6) is 0 Å². The quantitative estimate of drug-likeness (QED) is 0.722. The fourth-order valence-corrected chi connectivity index (χ4v) is 4.39. The highest BCUT2D eigenvalue weighted by Crippen LogP contribution is 2.24. The maximum absolute atomic E-state index is 12.6.